The number of aryl methyl sites for hydroxylation is 1. The summed E-state index contributed by atoms with van der Waals surface area (Å²) in [4.78, 5) is 11.7. The Labute approximate surface area is 147 Å². The second-order valence-corrected chi connectivity index (χ2v) is 6.88. The largest absolute Gasteiger partial charge is 0.414 e. The standard InChI is InChI=1S/C19H25NO3S/c1-14(15-8-3-2-4-9-15)7-5-6-10-16-11-12-24-19(16)23-18(22)17(20)13-21/h2-4,8-9,11-12,14,17,21H,5-7,10,13,20H2,1H3/t14?,17-/m0/s1. The Morgan fingerprint density at radius 2 is 2.00 bits per heavy atom. The Hall–Kier alpha value is -1.69. The maximum Gasteiger partial charge on any atom is 0.331 e. The van der Waals surface area contributed by atoms with Crippen molar-refractivity contribution in [2.45, 2.75) is 44.6 Å². The van der Waals surface area contributed by atoms with Gasteiger partial charge in [-0.15, -0.1) is 11.3 Å². The molecule has 1 aromatic heterocycles. The first-order valence-corrected chi connectivity index (χ1v) is 9.19. The summed E-state index contributed by atoms with van der Waals surface area (Å²) in [7, 11) is 0. The molecule has 130 valence electrons. The molecule has 2 atom stereocenters. The number of thiophene rings is 1. The Morgan fingerprint density at radius 1 is 1.25 bits per heavy atom. The Bertz CT molecular complexity index is 627. The lowest BCUT2D eigenvalue weighted by molar-refractivity contribution is -0.136. The van der Waals surface area contributed by atoms with E-state index in [9.17, 15) is 4.79 Å². The van der Waals surface area contributed by atoms with E-state index in [2.05, 4.69) is 31.2 Å². The van der Waals surface area contributed by atoms with Gasteiger partial charge in [0.1, 0.15) is 6.04 Å². The van der Waals surface area contributed by atoms with Gasteiger partial charge in [0.15, 0.2) is 5.06 Å². The fourth-order valence-corrected chi connectivity index (χ4v) is 3.36. The van der Waals surface area contributed by atoms with Gasteiger partial charge in [-0.1, -0.05) is 43.7 Å². The summed E-state index contributed by atoms with van der Waals surface area (Å²) in [6, 6.07) is 11.5. The number of unbranched alkanes of at least 4 members (excludes halogenated alkanes) is 1. The van der Waals surface area contributed by atoms with Crippen LogP contribution < -0.4 is 10.5 Å². The fraction of sp³-hybridized carbons (Fsp3) is 0.421. The van der Waals surface area contributed by atoms with Crippen LogP contribution in [0.15, 0.2) is 41.8 Å². The number of carbonyl (C=O) groups excluding carboxylic acids is 1. The van der Waals surface area contributed by atoms with Gasteiger partial charge in [0.25, 0.3) is 0 Å². The number of aliphatic hydroxyl groups is 1. The molecule has 2 rings (SSSR count). The van der Waals surface area contributed by atoms with E-state index >= 15 is 0 Å². The molecule has 0 aliphatic rings. The molecule has 0 spiro atoms. The van der Waals surface area contributed by atoms with Crippen molar-refractivity contribution >= 4 is 17.3 Å². The SMILES string of the molecule is CC(CCCCc1ccsc1OC(=O)[C@@H](N)CO)c1ccccc1. The van der Waals surface area contributed by atoms with E-state index in [1.165, 1.54) is 16.9 Å². The third-order valence-corrected chi connectivity index (χ3v) is 4.93. The predicted molar refractivity (Wildman–Crippen MR) is 97.4 cm³/mol. The van der Waals surface area contributed by atoms with Gasteiger partial charge < -0.3 is 15.6 Å². The van der Waals surface area contributed by atoms with Crippen molar-refractivity contribution in [1.82, 2.24) is 0 Å². The number of benzene rings is 1. The van der Waals surface area contributed by atoms with Gasteiger partial charge in [-0.2, -0.15) is 0 Å². The maximum absolute atomic E-state index is 11.7. The molecule has 0 saturated carbocycles. The van der Waals surface area contributed by atoms with Crippen molar-refractivity contribution in [2.24, 2.45) is 5.73 Å². The van der Waals surface area contributed by atoms with E-state index in [0.29, 0.717) is 11.0 Å². The quantitative estimate of drug-likeness (QED) is 0.538. The molecular formula is C19H25NO3S. The van der Waals surface area contributed by atoms with Crippen LogP contribution in [-0.2, 0) is 11.2 Å². The summed E-state index contributed by atoms with van der Waals surface area (Å²) in [5, 5.41) is 11.4. The van der Waals surface area contributed by atoms with Crippen LogP contribution >= 0.6 is 11.3 Å². The third-order valence-electron chi connectivity index (χ3n) is 4.10. The molecule has 0 saturated heterocycles. The highest BCUT2D eigenvalue weighted by molar-refractivity contribution is 7.12. The van der Waals surface area contributed by atoms with Crippen LogP contribution in [0.3, 0.4) is 0 Å². The minimum atomic E-state index is -0.980. The second-order valence-electron chi connectivity index (χ2n) is 6.00. The molecule has 0 aliphatic carbocycles. The van der Waals surface area contributed by atoms with Gasteiger partial charge in [0, 0.05) is 5.56 Å². The summed E-state index contributed by atoms with van der Waals surface area (Å²) in [5.74, 6) is -0.0348. The first-order valence-electron chi connectivity index (χ1n) is 8.31. The zero-order valence-corrected chi connectivity index (χ0v) is 14.8. The number of nitrogens with two attached hydrogens (primary N) is 1. The second kappa shape index (κ2) is 9.57. The average Bonchev–Trinajstić information content (AvgIpc) is 3.05. The van der Waals surface area contributed by atoms with Crippen LogP contribution in [0.2, 0.25) is 0 Å². The number of esters is 1. The molecule has 1 unspecified atom stereocenters. The molecule has 2 aromatic rings. The summed E-state index contributed by atoms with van der Waals surface area (Å²) in [5.41, 5.74) is 7.88. The van der Waals surface area contributed by atoms with Crippen LogP contribution in [0.1, 0.15) is 43.2 Å². The molecule has 3 N–H and O–H groups in total. The maximum atomic E-state index is 11.7. The molecule has 1 aromatic carbocycles. The molecule has 0 fully saturated rings. The summed E-state index contributed by atoms with van der Waals surface area (Å²) in [6.07, 6.45) is 4.18. The zero-order chi connectivity index (χ0) is 17.4. The first-order chi connectivity index (χ1) is 11.6. The van der Waals surface area contributed by atoms with Crippen LogP contribution in [0.25, 0.3) is 0 Å². The van der Waals surface area contributed by atoms with Gasteiger partial charge in [0.2, 0.25) is 0 Å². The average molecular weight is 347 g/mol. The highest BCUT2D eigenvalue weighted by Crippen LogP contribution is 2.29. The lowest BCUT2D eigenvalue weighted by Gasteiger charge is -2.12. The fourth-order valence-electron chi connectivity index (χ4n) is 2.55. The summed E-state index contributed by atoms with van der Waals surface area (Å²) in [6.45, 7) is 1.85. The smallest absolute Gasteiger partial charge is 0.331 e. The normalized spacial score (nSPS) is 13.5. The van der Waals surface area contributed by atoms with Crippen LogP contribution in [0, 0.1) is 0 Å². The molecule has 0 amide bonds. The monoisotopic (exact) mass is 347 g/mol. The van der Waals surface area contributed by atoms with Gasteiger partial charge in [-0.3, -0.25) is 0 Å². The minimum Gasteiger partial charge on any atom is -0.414 e. The number of rotatable bonds is 9. The Kier molecular flexibility index (Phi) is 7.43. The van der Waals surface area contributed by atoms with Gasteiger partial charge in [-0.25, -0.2) is 4.79 Å². The topological polar surface area (TPSA) is 72.5 Å². The van der Waals surface area contributed by atoms with Crippen molar-refractivity contribution in [3.05, 3.63) is 52.9 Å². The van der Waals surface area contributed by atoms with Crippen molar-refractivity contribution in [1.29, 1.82) is 0 Å². The van der Waals surface area contributed by atoms with Crippen LogP contribution in [0.5, 0.6) is 5.06 Å². The lowest BCUT2D eigenvalue weighted by Crippen LogP contribution is -2.37. The molecule has 5 heteroatoms. The number of ether oxygens (including phenoxy) is 1. The van der Waals surface area contributed by atoms with Crippen LogP contribution in [0.4, 0.5) is 0 Å². The molecule has 1 heterocycles. The molecule has 24 heavy (non-hydrogen) atoms. The van der Waals surface area contributed by atoms with Crippen molar-refractivity contribution < 1.29 is 14.6 Å². The third kappa shape index (κ3) is 5.44. The van der Waals surface area contributed by atoms with E-state index in [-0.39, 0.29) is 0 Å². The van der Waals surface area contributed by atoms with Crippen molar-refractivity contribution in [2.75, 3.05) is 6.61 Å². The van der Waals surface area contributed by atoms with Gasteiger partial charge in [-0.05, 0) is 42.2 Å². The van der Waals surface area contributed by atoms with E-state index < -0.39 is 18.6 Å². The Balaban J connectivity index is 1.77. The zero-order valence-electron chi connectivity index (χ0n) is 14.0. The molecule has 0 bridgehead atoms. The summed E-state index contributed by atoms with van der Waals surface area (Å²) >= 11 is 1.39. The first kappa shape index (κ1) is 18.6. The molecular weight excluding hydrogens is 322 g/mol. The predicted octanol–water partition coefficient (Wildman–Crippen LogP) is 3.49. The number of carbonyl (C=O) groups is 1. The molecule has 0 aliphatic heterocycles. The highest BCUT2D eigenvalue weighted by atomic mass is 32.1. The van der Waals surface area contributed by atoms with E-state index in [1.54, 1.807) is 0 Å². The van der Waals surface area contributed by atoms with E-state index in [4.69, 9.17) is 15.6 Å². The van der Waals surface area contributed by atoms with Gasteiger partial charge in [0.05, 0.1) is 6.61 Å². The van der Waals surface area contributed by atoms with E-state index in [1.807, 2.05) is 17.5 Å². The molecule has 0 radical (unpaired) electrons. The summed E-state index contributed by atoms with van der Waals surface area (Å²) < 4.78 is 5.28. The van der Waals surface area contributed by atoms with E-state index in [0.717, 1.165) is 31.2 Å². The van der Waals surface area contributed by atoms with Gasteiger partial charge >= 0.3 is 5.97 Å². The number of aliphatic hydroxyl groups excluding tert-OH is 1. The highest BCUT2D eigenvalue weighted by Gasteiger charge is 2.17. The minimum absolute atomic E-state index is 0.406. The number of hydrogen-bond acceptors (Lipinski definition) is 5. The van der Waals surface area contributed by atoms with Crippen LogP contribution in [-0.4, -0.2) is 23.7 Å². The van der Waals surface area contributed by atoms with Crippen molar-refractivity contribution in [3.8, 4) is 5.06 Å². The molecule has 4 nitrogen and oxygen atoms in total. The van der Waals surface area contributed by atoms with Crippen molar-refractivity contribution in [3.63, 3.8) is 0 Å². The lowest BCUT2D eigenvalue weighted by atomic mass is 9.95. The Morgan fingerprint density at radius 3 is 2.71 bits per heavy atom. The number of hydrogen-bond donors (Lipinski definition) is 2.